The molecule has 1 N–H and O–H groups in total. The van der Waals surface area contributed by atoms with Gasteiger partial charge in [0.05, 0.1) is 13.2 Å². The van der Waals surface area contributed by atoms with E-state index in [9.17, 15) is 17.6 Å². The lowest BCUT2D eigenvalue weighted by atomic mass is 10.0. The lowest BCUT2D eigenvalue weighted by molar-refractivity contribution is -0.150. The fourth-order valence-electron chi connectivity index (χ4n) is 2.07. The van der Waals surface area contributed by atoms with Gasteiger partial charge in [-0.3, -0.25) is 0 Å². The van der Waals surface area contributed by atoms with E-state index in [1.165, 1.54) is 25.2 Å². The van der Waals surface area contributed by atoms with Gasteiger partial charge < -0.3 is 14.8 Å². The molecule has 1 aromatic rings. The molecule has 0 fully saturated rings. The number of fused-ring (bicyclic) bond motifs is 1. The topological polar surface area (TPSA) is 30.5 Å². The summed E-state index contributed by atoms with van der Waals surface area (Å²) in [6.07, 6.45) is -3.08. The first-order chi connectivity index (χ1) is 9.46. The van der Waals surface area contributed by atoms with Crippen molar-refractivity contribution >= 4 is 0 Å². The zero-order valence-electron chi connectivity index (χ0n) is 10.8. The van der Waals surface area contributed by atoms with Crippen molar-refractivity contribution in [3.63, 3.8) is 0 Å². The molecule has 7 heteroatoms. The maximum Gasteiger partial charge on any atom is 0.326 e. The number of ether oxygens (including phenoxy) is 2. The van der Waals surface area contributed by atoms with E-state index in [4.69, 9.17) is 9.47 Å². The maximum absolute atomic E-state index is 13.5. The maximum atomic E-state index is 13.5. The van der Waals surface area contributed by atoms with Crippen molar-refractivity contribution < 1.29 is 27.0 Å². The molecule has 0 amide bonds. The third kappa shape index (κ3) is 2.82. The van der Waals surface area contributed by atoms with Gasteiger partial charge in [0, 0.05) is 6.42 Å². The fraction of sp³-hybridized carbons (Fsp3) is 0.538. The normalized spacial score (nSPS) is 16.9. The Morgan fingerprint density at radius 3 is 2.40 bits per heavy atom. The van der Waals surface area contributed by atoms with Gasteiger partial charge in [-0.15, -0.1) is 0 Å². The highest BCUT2D eigenvalue weighted by atomic mass is 19.3. The lowest BCUT2D eigenvalue weighted by Crippen LogP contribution is -2.41. The molecule has 3 nitrogen and oxygen atoms in total. The summed E-state index contributed by atoms with van der Waals surface area (Å²) in [6.45, 7) is 0.862. The molecule has 2 rings (SSSR count). The van der Waals surface area contributed by atoms with Gasteiger partial charge in [0.1, 0.15) is 6.04 Å². The summed E-state index contributed by atoms with van der Waals surface area (Å²) in [5.74, 6) is -3.44. The Hall–Kier alpha value is -1.50. The number of nitrogens with one attached hydrogen (secondary N) is 1. The molecule has 1 aliphatic heterocycles. The summed E-state index contributed by atoms with van der Waals surface area (Å²) in [5, 5.41) is 2.24. The number of rotatable bonds is 4. The molecule has 1 aromatic carbocycles. The fourth-order valence-corrected chi connectivity index (χ4v) is 2.07. The van der Waals surface area contributed by atoms with Crippen LogP contribution < -0.4 is 14.8 Å². The van der Waals surface area contributed by atoms with Gasteiger partial charge in [0.25, 0.3) is 0 Å². The molecule has 1 atom stereocenters. The first-order valence-electron chi connectivity index (χ1n) is 6.19. The summed E-state index contributed by atoms with van der Waals surface area (Å²) in [4.78, 5) is 0. The molecule has 0 radical (unpaired) electrons. The minimum absolute atomic E-state index is 0.0297. The van der Waals surface area contributed by atoms with Crippen LogP contribution in [0, 0.1) is 0 Å². The van der Waals surface area contributed by atoms with Crippen LogP contribution in [0.3, 0.4) is 0 Å². The van der Waals surface area contributed by atoms with Crippen LogP contribution >= 0.6 is 0 Å². The van der Waals surface area contributed by atoms with E-state index >= 15 is 0 Å². The standard InChI is InChI=1S/C13H15F4NO2/c1-18-11(13(16,17)12(14)15)8-3-4-9-10(7-8)20-6-2-5-19-9/h3-4,7,11-12,18H,2,5-6H2,1H3. The molecule has 0 saturated carbocycles. The van der Waals surface area contributed by atoms with Gasteiger partial charge in [-0.2, -0.15) is 8.78 Å². The van der Waals surface area contributed by atoms with Crippen molar-refractivity contribution in [2.24, 2.45) is 0 Å². The van der Waals surface area contributed by atoms with E-state index in [0.717, 1.165) is 0 Å². The van der Waals surface area contributed by atoms with Crippen LogP contribution in [0.2, 0.25) is 0 Å². The monoisotopic (exact) mass is 293 g/mol. The number of benzene rings is 1. The highest BCUT2D eigenvalue weighted by Crippen LogP contribution is 2.39. The molecular weight excluding hydrogens is 278 g/mol. The van der Waals surface area contributed by atoms with Crippen molar-refractivity contribution in [3.05, 3.63) is 23.8 Å². The van der Waals surface area contributed by atoms with E-state index in [2.05, 4.69) is 5.32 Å². The van der Waals surface area contributed by atoms with Crippen LogP contribution in [0.5, 0.6) is 11.5 Å². The highest BCUT2D eigenvalue weighted by molar-refractivity contribution is 5.44. The summed E-state index contributed by atoms with van der Waals surface area (Å²) in [7, 11) is 1.21. The Kier molecular flexibility index (Phi) is 4.37. The van der Waals surface area contributed by atoms with Crippen LogP contribution in [-0.2, 0) is 0 Å². The van der Waals surface area contributed by atoms with E-state index < -0.39 is 18.4 Å². The molecule has 1 unspecified atom stereocenters. The molecule has 0 saturated heterocycles. The van der Waals surface area contributed by atoms with Crippen molar-refractivity contribution in [2.75, 3.05) is 20.3 Å². The summed E-state index contributed by atoms with van der Waals surface area (Å²) in [5.41, 5.74) is 0.0297. The van der Waals surface area contributed by atoms with E-state index in [1.54, 1.807) is 0 Å². The van der Waals surface area contributed by atoms with Gasteiger partial charge in [0.2, 0.25) is 0 Å². The Morgan fingerprint density at radius 1 is 1.15 bits per heavy atom. The Bertz CT molecular complexity index is 468. The largest absolute Gasteiger partial charge is 0.490 e. The average Bonchev–Trinajstić information content (AvgIpc) is 2.63. The first kappa shape index (κ1) is 14.9. The van der Waals surface area contributed by atoms with Crippen LogP contribution in [0.1, 0.15) is 18.0 Å². The Labute approximate surface area is 113 Å². The Balaban J connectivity index is 2.34. The second kappa shape index (κ2) is 5.87. The van der Waals surface area contributed by atoms with Crippen molar-refractivity contribution in [3.8, 4) is 11.5 Å². The van der Waals surface area contributed by atoms with Crippen molar-refractivity contribution in [2.45, 2.75) is 24.8 Å². The van der Waals surface area contributed by atoms with Crippen molar-refractivity contribution in [1.82, 2.24) is 5.32 Å². The average molecular weight is 293 g/mol. The highest BCUT2D eigenvalue weighted by Gasteiger charge is 2.49. The van der Waals surface area contributed by atoms with Crippen molar-refractivity contribution in [1.29, 1.82) is 0 Å². The summed E-state index contributed by atoms with van der Waals surface area (Å²) >= 11 is 0. The zero-order valence-corrected chi connectivity index (χ0v) is 10.8. The quantitative estimate of drug-likeness (QED) is 0.866. The number of alkyl halides is 4. The molecule has 0 spiro atoms. The minimum Gasteiger partial charge on any atom is -0.490 e. The number of halogens is 4. The van der Waals surface area contributed by atoms with Gasteiger partial charge in [-0.05, 0) is 24.7 Å². The summed E-state index contributed by atoms with van der Waals surface area (Å²) in [6, 6.07) is 2.32. The first-order valence-corrected chi connectivity index (χ1v) is 6.19. The van der Waals surface area contributed by atoms with Gasteiger partial charge in [0.15, 0.2) is 11.5 Å². The van der Waals surface area contributed by atoms with Crippen LogP contribution in [0.25, 0.3) is 0 Å². The Morgan fingerprint density at radius 2 is 1.80 bits per heavy atom. The molecule has 0 aromatic heterocycles. The van der Waals surface area contributed by atoms with E-state index in [-0.39, 0.29) is 5.56 Å². The third-order valence-corrected chi connectivity index (χ3v) is 3.07. The molecule has 1 heterocycles. The smallest absolute Gasteiger partial charge is 0.326 e. The SMILES string of the molecule is CNC(c1ccc2c(c1)OCCCO2)C(F)(F)C(F)F. The second-order valence-electron chi connectivity index (χ2n) is 4.45. The van der Waals surface area contributed by atoms with E-state index in [0.29, 0.717) is 31.1 Å². The summed E-state index contributed by atoms with van der Waals surface area (Å²) < 4.78 is 62.8. The minimum atomic E-state index is -4.17. The third-order valence-electron chi connectivity index (χ3n) is 3.07. The lowest BCUT2D eigenvalue weighted by Gasteiger charge is -2.26. The predicted molar refractivity (Wildman–Crippen MR) is 64.8 cm³/mol. The molecule has 0 aliphatic carbocycles. The number of hydrogen-bond donors (Lipinski definition) is 1. The number of hydrogen-bond acceptors (Lipinski definition) is 3. The van der Waals surface area contributed by atoms with E-state index in [1.807, 2.05) is 0 Å². The van der Waals surface area contributed by atoms with Gasteiger partial charge in [-0.25, -0.2) is 8.78 Å². The van der Waals surface area contributed by atoms with Gasteiger partial charge in [-0.1, -0.05) is 6.07 Å². The van der Waals surface area contributed by atoms with Gasteiger partial charge >= 0.3 is 12.3 Å². The molecular formula is C13H15F4NO2. The predicted octanol–water partition coefficient (Wildman–Crippen LogP) is 3.01. The molecule has 1 aliphatic rings. The van der Waals surface area contributed by atoms with Crippen LogP contribution in [0.15, 0.2) is 18.2 Å². The van der Waals surface area contributed by atoms with Crippen LogP contribution in [-0.4, -0.2) is 32.6 Å². The van der Waals surface area contributed by atoms with Crippen LogP contribution in [0.4, 0.5) is 17.6 Å². The molecule has 112 valence electrons. The second-order valence-corrected chi connectivity index (χ2v) is 4.45. The molecule has 0 bridgehead atoms. The molecule has 20 heavy (non-hydrogen) atoms. The zero-order chi connectivity index (χ0) is 14.8.